The molecule has 0 aliphatic carbocycles. The molecule has 7 heteroatoms. The van der Waals surface area contributed by atoms with Crippen molar-refractivity contribution in [2.45, 2.75) is 32.5 Å². The molecule has 128 valence electrons. The minimum Gasteiger partial charge on any atom is -0.347 e. The molecule has 24 heavy (non-hydrogen) atoms. The summed E-state index contributed by atoms with van der Waals surface area (Å²) in [7, 11) is 0. The van der Waals surface area contributed by atoms with Crippen LogP contribution in [0.25, 0.3) is 11.3 Å². The average Bonchev–Trinajstić information content (AvgIpc) is 2.44. The Morgan fingerprint density at radius 3 is 2.17 bits per heavy atom. The maximum absolute atomic E-state index is 12.6. The first-order valence-electron chi connectivity index (χ1n) is 7.13. The fraction of sp³-hybridized carbons (Fsp3) is 0.294. The van der Waals surface area contributed by atoms with Gasteiger partial charge in [0.05, 0.1) is 11.3 Å². The normalized spacial score (nSPS) is 12.1. The molecule has 0 aliphatic rings. The van der Waals surface area contributed by atoms with Crippen LogP contribution in [0, 0.1) is 3.70 Å². The smallest absolute Gasteiger partial charge is 0.347 e. The lowest BCUT2D eigenvalue weighted by Crippen LogP contribution is -2.40. The molecule has 3 nitrogen and oxygen atoms in total. The Kier molecular flexibility index (Phi) is 5.22. The van der Waals surface area contributed by atoms with Crippen molar-refractivity contribution in [2.24, 2.45) is 0 Å². The highest BCUT2D eigenvalue weighted by Crippen LogP contribution is 2.31. The highest BCUT2D eigenvalue weighted by atomic mass is 127. The lowest BCUT2D eigenvalue weighted by Gasteiger charge is -2.20. The van der Waals surface area contributed by atoms with Gasteiger partial charge in [0.1, 0.15) is 3.70 Å². The van der Waals surface area contributed by atoms with Gasteiger partial charge in [-0.2, -0.15) is 13.2 Å². The molecule has 0 aliphatic heterocycles. The van der Waals surface area contributed by atoms with E-state index in [1.54, 1.807) is 12.1 Å². The molecule has 1 N–H and O–H groups in total. The second-order valence-corrected chi connectivity index (χ2v) is 7.45. The summed E-state index contributed by atoms with van der Waals surface area (Å²) < 4.78 is 38.5. The molecule has 0 fully saturated rings. The molecule has 0 unspecified atom stereocenters. The lowest BCUT2D eigenvalue weighted by molar-refractivity contribution is -0.137. The van der Waals surface area contributed by atoms with Gasteiger partial charge in [0.15, 0.2) is 0 Å². The van der Waals surface area contributed by atoms with Crippen molar-refractivity contribution in [3.63, 3.8) is 0 Å². The standard InChI is InChI=1S/C17H16F3IN2O/c1-16(2,3)23-15(24)11-8-13(22-14(21)9-11)10-4-6-12(7-5-10)17(18,19)20/h4-9H,1-3H3,(H,23,24). The van der Waals surface area contributed by atoms with Crippen LogP contribution in [0.2, 0.25) is 0 Å². The molecule has 1 aromatic heterocycles. The summed E-state index contributed by atoms with van der Waals surface area (Å²) >= 11 is 1.98. The number of amides is 1. The van der Waals surface area contributed by atoms with Crippen molar-refractivity contribution in [3.05, 3.63) is 51.2 Å². The van der Waals surface area contributed by atoms with Gasteiger partial charge in [-0.05, 0) is 67.6 Å². The van der Waals surface area contributed by atoms with Crippen molar-refractivity contribution in [1.82, 2.24) is 10.3 Å². The third kappa shape index (κ3) is 4.93. The molecule has 1 amide bonds. The highest BCUT2D eigenvalue weighted by Gasteiger charge is 2.30. The van der Waals surface area contributed by atoms with E-state index in [4.69, 9.17) is 0 Å². The molecule has 1 aromatic carbocycles. The van der Waals surface area contributed by atoms with Crippen LogP contribution in [0.5, 0.6) is 0 Å². The van der Waals surface area contributed by atoms with E-state index in [-0.39, 0.29) is 11.4 Å². The molecular formula is C17H16F3IN2O. The number of alkyl halides is 3. The maximum atomic E-state index is 12.6. The number of carbonyl (C=O) groups is 1. The van der Waals surface area contributed by atoms with E-state index in [0.29, 0.717) is 20.5 Å². The Hall–Kier alpha value is -1.64. The number of halogens is 4. The third-order valence-corrected chi connectivity index (χ3v) is 3.61. The van der Waals surface area contributed by atoms with Gasteiger partial charge >= 0.3 is 6.18 Å². The van der Waals surface area contributed by atoms with Gasteiger partial charge in [0, 0.05) is 16.7 Å². The molecule has 0 radical (unpaired) electrons. The van der Waals surface area contributed by atoms with Crippen LogP contribution >= 0.6 is 22.6 Å². The van der Waals surface area contributed by atoms with Crippen molar-refractivity contribution in [1.29, 1.82) is 0 Å². The fourth-order valence-electron chi connectivity index (χ4n) is 2.02. The van der Waals surface area contributed by atoms with Crippen molar-refractivity contribution < 1.29 is 18.0 Å². The van der Waals surface area contributed by atoms with E-state index in [1.165, 1.54) is 12.1 Å². The summed E-state index contributed by atoms with van der Waals surface area (Å²) in [4.78, 5) is 16.6. The van der Waals surface area contributed by atoms with Gasteiger partial charge in [-0.1, -0.05) is 12.1 Å². The zero-order valence-electron chi connectivity index (χ0n) is 13.3. The summed E-state index contributed by atoms with van der Waals surface area (Å²) in [6.07, 6.45) is -4.38. The van der Waals surface area contributed by atoms with Crippen LogP contribution in [0.4, 0.5) is 13.2 Å². The van der Waals surface area contributed by atoms with Crippen molar-refractivity contribution in [2.75, 3.05) is 0 Å². The molecule has 1 heterocycles. The highest BCUT2D eigenvalue weighted by molar-refractivity contribution is 14.1. The number of aromatic nitrogens is 1. The van der Waals surface area contributed by atoms with Gasteiger partial charge in [-0.25, -0.2) is 4.98 Å². The van der Waals surface area contributed by atoms with Crippen LogP contribution in [0.1, 0.15) is 36.7 Å². The number of nitrogens with one attached hydrogen (secondary N) is 1. The number of hydrogen-bond donors (Lipinski definition) is 1. The maximum Gasteiger partial charge on any atom is 0.416 e. The van der Waals surface area contributed by atoms with E-state index in [2.05, 4.69) is 10.3 Å². The van der Waals surface area contributed by atoms with E-state index >= 15 is 0 Å². The SMILES string of the molecule is CC(C)(C)NC(=O)c1cc(I)nc(-c2ccc(C(F)(F)F)cc2)c1. The zero-order valence-corrected chi connectivity index (χ0v) is 15.5. The Labute approximate surface area is 151 Å². The second kappa shape index (κ2) is 6.70. The lowest BCUT2D eigenvalue weighted by atomic mass is 10.1. The van der Waals surface area contributed by atoms with Crippen LogP contribution in [0.15, 0.2) is 36.4 Å². The Balaban J connectivity index is 2.36. The summed E-state index contributed by atoms with van der Waals surface area (Å²) in [5, 5.41) is 2.85. The van der Waals surface area contributed by atoms with E-state index in [1.807, 2.05) is 43.4 Å². The number of hydrogen-bond acceptors (Lipinski definition) is 2. The zero-order chi connectivity index (χ0) is 18.1. The first-order valence-corrected chi connectivity index (χ1v) is 8.21. The van der Waals surface area contributed by atoms with E-state index < -0.39 is 11.7 Å². The monoisotopic (exact) mass is 448 g/mol. The summed E-state index contributed by atoms with van der Waals surface area (Å²) in [6, 6.07) is 7.93. The Morgan fingerprint density at radius 1 is 1.08 bits per heavy atom. The Bertz CT molecular complexity index is 750. The molecular weight excluding hydrogens is 432 g/mol. The van der Waals surface area contributed by atoms with Gasteiger partial charge in [-0.15, -0.1) is 0 Å². The van der Waals surface area contributed by atoms with E-state index in [0.717, 1.165) is 12.1 Å². The number of rotatable bonds is 2. The quantitative estimate of drug-likeness (QED) is 0.525. The summed E-state index contributed by atoms with van der Waals surface area (Å²) in [5.74, 6) is -0.254. The molecule has 0 saturated heterocycles. The first kappa shape index (κ1) is 18.7. The number of nitrogens with zero attached hydrogens (tertiary/aromatic N) is 1. The largest absolute Gasteiger partial charge is 0.416 e. The number of carbonyl (C=O) groups excluding carboxylic acids is 1. The molecule has 0 saturated carbocycles. The summed E-state index contributed by atoms with van der Waals surface area (Å²) in [5.41, 5.74) is 0.281. The summed E-state index contributed by atoms with van der Waals surface area (Å²) in [6.45, 7) is 5.61. The predicted molar refractivity (Wildman–Crippen MR) is 94.6 cm³/mol. The number of pyridine rings is 1. The topological polar surface area (TPSA) is 42.0 Å². The van der Waals surface area contributed by atoms with Gasteiger partial charge < -0.3 is 5.32 Å². The van der Waals surface area contributed by atoms with Crippen LogP contribution in [-0.2, 0) is 6.18 Å². The molecule has 2 rings (SSSR count). The first-order chi connectivity index (χ1) is 11.0. The van der Waals surface area contributed by atoms with E-state index in [9.17, 15) is 18.0 Å². The van der Waals surface area contributed by atoms with Gasteiger partial charge in [-0.3, -0.25) is 4.79 Å². The minimum atomic E-state index is -4.38. The minimum absolute atomic E-state index is 0.254. The molecule has 2 aromatic rings. The Morgan fingerprint density at radius 2 is 1.67 bits per heavy atom. The van der Waals surface area contributed by atoms with Crippen LogP contribution in [-0.4, -0.2) is 16.4 Å². The number of benzene rings is 1. The van der Waals surface area contributed by atoms with Gasteiger partial charge in [0.2, 0.25) is 0 Å². The molecule has 0 bridgehead atoms. The second-order valence-electron chi connectivity index (χ2n) is 6.34. The molecule has 0 atom stereocenters. The average molecular weight is 448 g/mol. The van der Waals surface area contributed by atoms with Gasteiger partial charge in [0.25, 0.3) is 5.91 Å². The van der Waals surface area contributed by atoms with Crippen LogP contribution in [0.3, 0.4) is 0 Å². The van der Waals surface area contributed by atoms with Crippen molar-refractivity contribution in [3.8, 4) is 11.3 Å². The third-order valence-electron chi connectivity index (χ3n) is 3.05. The van der Waals surface area contributed by atoms with Crippen molar-refractivity contribution >= 4 is 28.5 Å². The van der Waals surface area contributed by atoms with Crippen LogP contribution < -0.4 is 5.32 Å². The predicted octanol–water partition coefficient (Wildman–Crippen LogP) is 4.90. The molecule has 0 spiro atoms. The fourth-order valence-corrected chi connectivity index (χ4v) is 2.61.